The van der Waals surface area contributed by atoms with Crippen molar-refractivity contribution >= 4 is 28.6 Å². The molecule has 19 heavy (non-hydrogen) atoms. The molecule has 0 aliphatic carbocycles. The van der Waals surface area contributed by atoms with Crippen LogP contribution in [0.1, 0.15) is 15.9 Å². The van der Waals surface area contributed by atoms with Gasteiger partial charge in [0.1, 0.15) is 6.07 Å². The zero-order valence-electron chi connectivity index (χ0n) is 9.83. The number of carboxylic acids is 1. The number of nitriles is 1. The van der Waals surface area contributed by atoms with E-state index in [-0.39, 0.29) is 5.56 Å². The molecular formula is C14H10N2O2S. The van der Waals surface area contributed by atoms with E-state index in [2.05, 4.69) is 11.4 Å². The standard InChI is InChI=1S/C14H10N2O2S/c15-7-12(11-5-6-19-9-11)8-16-13-3-1-10(2-4-13)14(17)18/h1-6,8-9,16H,(H,17,18). The molecule has 0 radical (unpaired) electrons. The molecule has 4 nitrogen and oxygen atoms in total. The Kier molecular flexibility index (Phi) is 3.96. The molecule has 94 valence electrons. The molecule has 1 aromatic heterocycles. The number of hydrogen-bond acceptors (Lipinski definition) is 4. The summed E-state index contributed by atoms with van der Waals surface area (Å²) in [5, 5.41) is 24.6. The predicted octanol–water partition coefficient (Wildman–Crippen LogP) is 3.42. The minimum atomic E-state index is -0.960. The van der Waals surface area contributed by atoms with Crippen molar-refractivity contribution in [3.05, 3.63) is 58.4 Å². The highest BCUT2D eigenvalue weighted by Crippen LogP contribution is 2.17. The number of nitrogens with zero attached hydrogens (tertiary/aromatic N) is 1. The van der Waals surface area contributed by atoms with Crippen LogP contribution in [0.5, 0.6) is 0 Å². The lowest BCUT2D eigenvalue weighted by Crippen LogP contribution is -1.96. The van der Waals surface area contributed by atoms with Crippen LogP contribution in [0.3, 0.4) is 0 Å². The molecule has 2 rings (SSSR count). The maximum Gasteiger partial charge on any atom is 0.335 e. The quantitative estimate of drug-likeness (QED) is 0.835. The number of thiophene rings is 1. The van der Waals surface area contributed by atoms with Crippen LogP contribution in [0, 0.1) is 11.3 Å². The molecule has 0 saturated heterocycles. The number of benzene rings is 1. The Balaban J connectivity index is 2.13. The van der Waals surface area contributed by atoms with Gasteiger partial charge in [0.15, 0.2) is 0 Å². The fraction of sp³-hybridized carbons (Fsp3) is 0. The normalized spacial score (nSPS) is 10.8. The Morgan fingerprint density at radius 3 is 2.53 bits per heavy atom. The van der Waals surface area contributed by atoms with Gasteiger partial charge in [-0.1, -0.05) is 0 Å². The van der Waals surface area contributed by atoms with E-state index in [9.17, 15) is 4.79 Å². The van der Waals surface area contributed by atoms with E-state index in [1.807, 2.05) is 16.8 Å². The van der Waals surface area contributed by atoms with Crippen LogP contribution in [0.2, 0.25) is 0 Å². The lowest BCUT2D eigenvalue weighted by Gasteiger charge is -2.02. The van der Waals surface area contributed by atoms with Gasteiger partial charge in [-0.05, 0) is 41.1 Å². The fourth-order valence-corrected chi connectivity index (χ4v) is 2.12. The first kappa shape index (κ1) is 12.9. The molecule has 0 atom stereocenters. The first-order valence-electron chi connectivity index (χ1n) is 5.43. The predicted molar refractivity (Wildman–Crippen MR) is 74.9 cm³/mol. The van der Waals surface area contributed by atoms with Gasteiger partial charge in [-0.3, -0.25) is 0 Å². The van der Waals surface area contributed by atoms with Crippen LogP contribution in [0.4, 0.5) is 5.69 Å². The molecule has 0 spiro atoms. The SMILES string of the molecule is N#CC(=CNc1ccc(C(=O)O)cc1)c1ccsc1. The zero-order chi connectivity index (χ0) is 13.7. The van der Waals surface area contributed by atoms with Crippen LogP contribution in [0.25, 0.3) is 5.57 Å². The van der Waals surface area contributed by atoms with Crippen LogP contribution < -0.4 is 5.32 Å². The Morgan fingerprint density at radius 2 is 2.00 bits per heavy atom. The molecule has 5 heteroatoms. The van der Waals surface area contributed by atoms with Gasteiger partial charge in [0.2, 0.25) is 0 Å². The summed E-state index contributed by atoms with van der Waals surface area (Å²) in [6, 6.07) is 10.3. The maximum atomic E-state index is 10.7. The van der Waals surface area contributed by atoms with Crippen molar-refractivity contribution in [1.82, 2.24) is 0 Å². The number of allylic oxidation sites excluding steroid dienone is 1. The van der Waals surface area contributed by atoms with Crippen molar-refractivity contribution in [3.8, 4) is 6.07 Å². The van der Waals surface area contributed by atoms with Crippen molar-refractivity contribution in [3.63, 3.8) is 0 Å². The van der Waals surface area contributed by atoms with E-state index in [4.69, 9.17) is 10.4 Å². The third kappa shape index (κ3) is 3.21. The van der Waals surface area contributed by atoms with Gasteiger partial charge in [0.05, 0.1) is 11.1 Å². The molecule has 0 unspecified atom stereocenters. The highest BCUT2D eigenvalue weighted by atomic mass is 32.1. The molecule has 1 aromatic carbocycles. The molecular weight excluding hydrogens is 260 g/mol. The number of carboxylic acid groups (broad SMARTS) is 1. The van der Waals surface area contributed by atoms with Crippen molar-refractivity contribution in [2.24, 2.45) is 0 Å². The number of nitrogens with one attached hydrogen (secondary N) is 1. The largest absolute Gasteiger partial charge is 0.478 e. The lowest BCUT2D eigenvalue weighted by atomic mass is 10.1. The summed E-state index contributed by atoms with van der Waals surface area (Å²) in [4.78, 5) is 10.7. The average Bonchev–Trinajstić information content (AvgIpc) is 2.94. The van der Waals surface area contributed by atoms with Crippen LogP contribution in [-0.4, -0.2) is 11.1 Å². The van der Waals surface area contributed by atoms with Crippen LogP contribution in [0.15, 0.2) is 47.3 Å². The van der Waals surface area contributed by atoms with Crippen LogP contribution in [-0.2, 0) is 0 Å². The Hall–Kier alpha value is -2.58. The second-order valence-corrected chi connectivity index (χ2v) is 4.49. The molecule has 0 fully saturated rings. The summed E-state index contributed by atoms with van der Waals surface area (Å²) in [5.41, 5.74) is 2.35. The highest BCUT2D eigenvalue weighted by Gasteiger charge is 2.02. The zero-order valence-corrected chi connectivity index (χ0v) is 10.6. The first-order chi connectivity index (χ1) is 9.20. The molecule has 0 bridgehead atoms. The third-order valence-electron chi connectivity index (χ3n) is 2.47. The van der Waals surface area contributed by atoms with Gasteiger partial charge < -0.3 is 10.4 Å². The molecule has 2 aromatic rings. The summed E-state index contributed by atoms with van der Waals surface area (Å²) >= 11 is 1.53. The number of rotatable bonds is 4. The van der Waals surface area contributed by atoms with Gasteiger partial charge >= 0.3 is 5.97 Å². The number of carbonyl (C=O) groups is 1. The van der Waals surface area contributed by atoms with E-state index in [0.717, 1.165) is 11.3 Å². The van der Waals surface area contributed by atoms with E-state index >= 15 is 0 Å². The Bertz CT molecular complexity index is 637. The summed E-state index contributed by atoms with van der Waals surface area (Å²) < 4.78 is 0. The highest BCUT2D eigenvalue weighted by molar-refractivity contribution is 7.08. The monoisotopic (exact) mass is 270 g/mol. The molecule has 0 aliphatic rings. The summed E-state index contributed by atoms with van der Waals surface area (Å²) in [6.07, 6.45) is 1.61. The van der Waals surface area contributed by atoms with E-state index < -0.39 is 5.97 Å². The van der Waals surface area contributed by atoms with E-state index in [1.54, 1.807) is 18.3 Å². The van der Waals surface area contributed by atoms with Gasteiger partial charge in [-0.15, -0.1) is 0 Å². The second kappa shape index (κ2) is 5.85. The summed E-state index contributed by atoms with van der Waals surface area (Å²) in [5.74, 6) is -0.960. The molecule has 1 heterocycles. The van der Waals surface area contributed by atoms with Gasteiger partial charge in [0.25, 0.3) is 0 Å². The summed E-state index contributed by atoms with van der Waals surface area (Å²) in [6.45, 7) is 0. The Labute approximate surface area is 114 Å². The molecule has 2 N–H and O–H groups in total. The molecule has 0 saturated carbocycles. The minimum absolute atomic E-state index is 0.230. The first-order valence-corrected chi connectivity index (χ1v) is 6.37. The Morgan fingerprint density at radius 1 is 1.26 bits per heavy atom. The van der Waals surface area contributed by atoms with Gasteiger partial charge in [0, 0.05) is 17.5 Å². The minimum Gasteiger partial charge on any atom is -0.478 e. The fourth-order valence-electron chi connectivity index (χ4n) is 1.46. The summed E-state index contributed by atoms with van der Waals surface area (Å²) in [7, 11) is 0. The number of hydrogen-bond donors (Lipinski definition) is 2. The second-order valence-electron chi connectivity index (χ2n) is 3.71. The lowest BCUT2D eigenvalue weighted by molar-refractivity contribution is 0.0697. The molecule has 0 amide bonds. The average molecular weight is 270 g/mol. The number of aromatic carboxylic acids is 1. The van der Waals surface area contributed by atoms with Crippen LogP contribution >= 0.6 is 11.3 Å². The van der Waals surface area contributed by atoms with Crippen molar-refractivity contribution in [2.45, 2.75) is 0 Å². The smallest absolute Gasteiger partial charge is 0.335 e. The van der Waals surface area contributed by atoms with Gasteiger partial charge in [-0.2, -0.15) is 16.6 Å². The van der Waals surface area contributed by atoms with Gasteiger partial charge in [-0.25, -0.2) is 4.79 Å². The van der Waals surface area contributed by atoms with Crippen molar-refractivity contribution in [2.75, 3.05) is 5.32 Å². The maximum absolute atomic E-state index is 10.7. The molecule has 0 aliphatic heterocycles. The van der Waals surface area contributed by atoms with E-state index in [0.29, 0.717) is 5.57 Å². The van der Waals surface area contributed by atoms with E-state index in [1.165, 1.54) is 23.5 Å². The van der Waals surface area contributed by atoms with Crippen molar-refractivity contribution in [1.29, 1.82) is 5.26 Å². The number of anilines is 1. The third-order valence-corrected chi connectivity index (χ3v) is 3.15. The van der Waals surface area contributed by atoms with Crippen molar-refractivity contribution < 1.29 is 9.90 Å². The topological polar surface area (TPSA) is 73.1 Å².